The lowest BCUT2D eigenvalue weighted by Crippen LogP contribution is -2.38. The van der Waals surface area contributed by atoms with E-state index >= 15 is 0 Å². The van der Waals surface area contributed by atoms with Gasteiger partial charge in [0.05, 0.1) is 6.26 Å². The van der Waals surface area contributed by atoms with E-state index in [4.69, 9.17) is 10.2 Å². The minimum atomic E-state index is -0.402. The Hall–Kier alpha value is -2.56. The van der Waals surface area contributed by atoms with Crippen LogP contribution in [0.2, 0.25) is 0 Å². The van der Waals surface area contributed by atoms with Crippen LogP contribution in [0.4, 0.5) is 0 Å². The zero-order chi connectivity index (χ0) is 16.2. The van der Waals surface area contributed by atoms with Crippen LogP contribution in [0.3, 0.4) is 0 Å². The summed E-state index contributed by atoms with van der Waals surface area (Å²) in [5.74, 6) is 0.529. The van der Waals surface area contributed by atoms with Gasteiger partial charge in [-0.05, 0) is 55.0 Å². The number of likely N-dealkylation sites (tertiary alicyclic amines) is 1. The van der Waals surface area contributed by atoms with E-state index in [1.165, 1.54) is 11.8 Å². The van der Waals surface area contributed by atoms with Crippen molar-refractivity contribution in [3.63, 3.8) is 0 Å². The van der Waals surface area contributed by atoms with Crippen LogP contribution in [-0.2, 0) is 6.42 Å². The van der Waals surface area contributed by atoms with Crippen molar-refractivity contribution in [3.05, 3.63) is 59.5 Å². The zero-order valence-electron chi connectivity index (χ0n) is 12.9. The smallest absolute Gasteiger partial charge is 0.289 e. The molecule has 1 aromatic carbocycles. The highest BCUT2D eigenvalue weighted by Gasteiger charge is 2.25. The number of hydrogen-bond donors (Lipinski definition) is 1. The maximum atomic E-state index is 12.2. The largest absolute Gasteiger partial charge is 0.459 e. The number of piperidine rings is 1. The average Bonchev–Trinajstić information content (AvgIpc) is 3.10. The molecule has 3 rings (SSSR count). The van der Waals surface area contributed by atoms with Crippen molar-refractivity contribution in [2.24, 2.45) is 11.7 Å². The van der Waals surface area contributed by atoms with Gasteiger partial charge in [-0.2, -0.15) is 0 Å². The molecule has 0 aliphatic carbocycles. The third kappa shape index (κ3) is 3.62. The van der Waals surface area contributed by atoms with Crippen LogP contribution in [0, 0.1) is 5.92 Å². The number of rotatable bonds is 4. The first kappa shape index (κ1) is 15.3. The molecule has 0 atom stereocenters. The Bertz CT molecular complexity index is 669. The van der Waals surface area contributed by atoms with Gasteiger partial charge in [0, 0.05) is 18.7 Å². The number of nitrogens with two attached hydrogens (primary N) is 1. The molecule has 0 radical (unpaired) electrons. The number of nitrogens with zero attached hydrogens (tertiary/aromatic N) is 1. The Balaban J connectivity index is 1.53. The third-order valence-corrected chi connectivity index (χ3v) is 4.40. The summed E-state index contributed by atoms with van der Waals surface area (Å²) in [4.78, 5) is 25.1. The lowest BCUT2D eigenvalue weighted by atomic mass is 9.90. The minimum Gasteiger partial charge on any atom is -0.459 e. The molecule has 23 heavy (non-hydrogen) atoms. The molecular weight excluding hydrogens is 292 g/mol. The molecule has 1 fully saturated rings. The van der Waals surface area contributed by atoms with Gasteiger partial charge in [0.2, 0.25) is 5.91 Å². The first-order chi connectivity index (χ1) is 11.1. The number of primary amides is 1. The molecule has 0 unspecified atom stereocenters. The summed E-state index contributed by atoms with van der Waals surface area (Å²) >= 11 is 0. The molecule has 0 bridgehead atoms. The van der Waals surface area contributed by atoms with Gasteiger partial charge in [-0.25, -0.2) is 0 Å². The van der Waals surface area contributed by atoms with Crippen molar-refractivity contribution >= 4 is 11.8 Å². The van der Waals surface area contributed by atoms with Crippen LogP contribution in [0.25, 0.3) is 0 Å². The van der Waals surface area contributed by atoms with Gasteiger partial charge >= 0.3 is 0 Å². The van der Waals surface area contributed by atoms with E-state index in [1.807, 2.05) is 17.0 Å². The maximum Gasteiger partial charge on any atom is 0.289 e. The molecule has 2 aromatic rings. The summed E-state index contributed by atoms with van der Waals surface area (Å²) in [5, 5.41) is 0. The molecule has 0 spiro atoms. The summed E-state index contributed by atoms with van der Waals surface area (Å²) in [6.07, 6.45) is 4.44. The van der Waals surface area contributed by atoms with Crippen LogP contribution in [0.15, 0.2) is 47.1 Å². The summed E-state index contributed by atoms with van der Waals surface area (Å²) in [6, 6.07) is 10.9. The van der Waals surface area contributed by atoms with Crippen molar-refractivity contribution in [1.82, 2.24) is 4.90 Å². The van der Waals surface area contributed by atoms with Crippen molar-refractivity contribution in [1.29, 1.82) is 0 Å². The Morgan fingerprint density at radius 3 is 2.39 bits per heavy atom. The highest BCUT2D eigenvalue weighted by Crippen LogP contribution is 2.23. The minimum absolute atomic E-state index is 0.0285. The van der Waals surface area contributed by atoms with Crippen LogP contribution in [0.5, 0.6) is 0 Å². The first-order valence-corrected chi connectivity index (χ1v) is 7.85. The molecule has 5 heteroatoms. The van der Waals surface area contributed by atoms with Gasteiger partial charge in [0.15, 0.2) is 5.76 Å². The number of furan rings is 1. The lowest BCUT2D eigenvalue weighted by Gasteiger charge is -2.31. The van der Waals surface area contributed by atoms with E-state index in [-0.39, 0.29) is 5.91 Å². The number of benzene rings is 1. The average molecular weight is 312 g/mol. The lowest BCUT2D eigenvalue weighted by molar-refractivity contribution is 0.0658. The standard InChI is InChI=1S/C18H20N2O3/c19-17(21)15-5-3-13(4-6-15)12-14-7-9-20(10-8-14)18(22)16-2-1-11-23-16/h1-6,11,14H,7-10,12H2,(H2,19,21). The van der Waals surface area contributed by atoms with Crippen LogP contribution in [-0.4, -0.2) is 29.8 Å². The Morgan fingerprint density at radius 2 is 1.83 bits per heavy atom. The number of carbonyl (C=O) groups excluding carboxylic acids is 2. The second kappa shape index (κ2) is 6.69. The number of amides is 2. The van der Waals surface area contributed by atoms with E-state index in [9.17, 15) is 9.59 Å². The predicted molar refractivity (Wildman–Crippen MR) is 86.0 cm³/mol. The van der Waals surface area contributed by atoms with E-state index in [0.29, 0.717) is 17.2 Å². The normalized spacial score (nSPS) is 15.6. The second-order valence-corrected chi connectivity index (χ2v) is 5.98. The number of carbonyl (C=O) groups is 2. The van der Waals surface area contributed by atoms with Gasteiger partial charge in [-0.1, -0.05) is 12.1 Å². The van der Waals surface area contributed by atoms with Crippen molar-refractivity contribution in [2.75, 3.05) is 13.1 Å². The van der Waals surface area contributed by atoms with E-state index in [0.717, 1.165) is 32.4 Å². The third-order valence-electron chi connectivity index (χ3n) is 4.40. The topological polar surface area (TPSA) is 76.5 Å². The molecule has 2 amide bonds. The Morgan fingerprint density at radius 1 is 1.13 bits per heavy atom. The maximum absolute atomic E-state index is 12.2. The van der Waals surface area contributed by atoms with Gasteiger partial charge in [0.25, 0.3) is 5.91 Å². The fourth-order valence-corrected chi connectivity index (χ4v) is 3.03. The highest BCUT2D eigenvalue weighted by atomic mass is 16.3. The summed E-state index contributed by atoms with van der Waals surface area (Å²) in [7, 11) is 0. The van der Waals surface area contributed by atoms with E-state index in [2.05, 4.69) is 0 Å². The molecule has 0 saturated carbocycles. The van der Waals surface area contributed by atoms with Gasteiger partial charge in [-0.3, -0.25) is 9.59 Å². The summed E-state index contributed by atoms with van der Waals surface area (Å²) < 4.78 is 5.17. The Labute approximate surface area is 135 Å². The molecule has 5 nitrogen and oxygen atoms in total. The van der Waals surface area contributed by atoms with Crippen LogP contribution >= 0.6 is 0 Å². The molecule has 1 saturated heterocycles. The quantitative estimate of drug-likeness (QED) is 0.942. The van der Waals surface area contributed by atoms with E-state index in [1.54, 1.807) is 24.3 Å². The van der Waals surface area contributed by atoms with Crippen molar-refractivity contribution in [2.45, 2.75) is 19.3 Å². The molecule has 2 N–H and O–H groups in total. The monoisotopic (exact) mass is 312 g/mol. The van der Waals surface area contributed by atoms with Crippen LogP contribution < -0.4 is 5.73 Å². The number of hydrogen-bond acceptors (Lipinski definition) is 3. The van der Waals surface area contributed by atoms with Gasteiger partial charge in [0.1, 0.15) is 0 Å². The zero-order valence-corrected chi connectivity index (χ0v) is 12.9. The van der Waals surface area contributed by atoms with E-state index < -0.39 is 5.91 Å². The summed E-state index contributed by atoms with van der Waals surface area (Å²) in [5.41, 5.74) is 6.98. The Kier molecular flexibility index (Phi) is 4.46. The highest BCUT2D eigenvalue weighted by molar-refractivity contribution is 5.92. The van der Waals surface area contributed by atoms with Gasteiger partial charge < -0.3 is 15.1 Å². The summed E-state index contributed by atoms with van der Waals surface area (Å²) in [6.45, 7) is 1.51. The first-order valence-electron chi connectivity index (χ1n) is 7.85. The van der Waals surface area contributed by atoms with Crippen LogP contribution in [0.1, 0.15) is 39.3 Å². The SMILES string of the molecule is NC(=O)c1ccc(CC2CCN(C(=O)c3ccco3)CC2)cc1. The van der Waals surface area contributed by atoms with Gasteiger partial charge in [-0.15, -0.1) is 0 Å². The molecule has 1 aromatic heterocycles. The fourth-order valence-electron chi connectivity index (χ4n) is 3.03. The molecule has 1 aliphatic rings. The molecule has 1 aliphatic heterocycles. The fraction of sp³-hybridized carbons (Fsp3) is 0.333. The molecule has 2 heterocycles. The predicted octanol–water partition coefficient (Wildman–Crippen LogP) is 2.47. The molecular formula is C18H20N2O3. The van der Waals surface area contributed by atoms with Crippen molar-refractivity contribution < 1.29 is 14.0 Å². The molecule has 120 valence electrons. The second-order valence-electron chi connectivity index (χ2n) is 5.98. The van der Waals surface area contributed by atoms with Crippen molar-refractivity contribution in [3.8, 4) is 0 Å².